The molecule has 0 aromatic heterocycles. The van der Waals surface area contributed by atoms with Gasteiger partial charge in [0.15, 0.2) is 0 Å². The molecule has 1 aliphatic rings. The zero-order chi connectivity index (χ0) is 19.9. The Hall–Kier alpha value is -0.496. The zero-order valence-corrected chi connectivity index (χ0v) is 22.8. The van der Waals surface area contributed by atoms with Crippen LogP contribution in [0.25, 0.3) is 0 Å². The van der Waals surface area contributed by atoms with Crippen molar-refractivity contribution >= 4 is 0 Å². The molecule has 0 N–H and O–H groups in total. The van der Waals surface area contributed by atoms with Gasteiger partial charge in [-0.05, 0) is 0 Å². The summed E-state index contributed by atoms with van der Waals surface area (Å²) < 4.78 is 1.52. The Morgan fingerprint density at radius 3 is 1.40 bits per heavy atom. The van der Waals surface area contributed by atoms with Crippen LogP contribution in [-0.2, 0) is 20.4 Å². The van der Waals surface area contributed by atoms with Crippen molar-refractivity contribution in [2.24, 2.45) is 5.41 Å². The number of rotatable bonds is 3. The molecular weight excluding hydrogens is 467 g/mol. The first-order chi connectivity index (χ1) is 12.6. The van der Waals surface area contributed by atoms with Crippen molar-refractivity contribution in [2.45, 2.75) is 60.8 Å². The molecule has 0 bridgehead atoms. The standard InChI is InChI=1S/C26H31.3ClH.Ti/c1-17-11-18(2)14-21(13-17)25(22-15-19(3)12-20(4)16-22)23-9-8-10-24(23)26(5,6)7;;;;/h9,11-16,25H,8H2,1-7H3;3*1H;/q;;;;+3/p-3. The Balaban J connectivity index is 0.00000280. The first kappa shape index (κ1) is 29.5. The van der Waals surface area contributed by atoms with Gasteiger partial charge in [-0.2, -0.15) is 0 Å². The predicted octanol–water partition coefficient (Wildman–Crippen LogP) is -1.76. The Kier molecular flexibility index (Phi) is 11.2. The average molecular weight is 498 g/mol. The quantitative estimate of drug-likeness (QED) is 0.441. The van der Waals surface area contributed by atoms with Crippen LogP contribution in [0.2, 0.25) is 0 Å². The molecular formula is C26H31Cl3Ti. The molecule has 2 aromatic carbocycles. The largest absolute Gasteiger partial charge is 1.00 e. The van der Waals surface area contributed by atoms with Gasteiger partial charge in [0.1, 0.15) is 0 Å². The van der Waals surface area contributed by atoms with E-state index in [0.717, 1.165) is 6.42 Å². The summed E-state index contributed by atoms with van der Waals surface area (Å²) in [7, 11) is 0. The molecule has 1 aliphatic carbocycles. The number of aryl methyl sites for hydroxylation is 4. The maximum atomic E-state index is 2.48. The number of allylic oxidation sites excluding steroid dienone is 4. The minimum Gasteiger partial charge on any atom is -1.00 e. The summed E-state index contributed by atoms with van der Waals surface area (Å²) >= 11 is 2.31. The van der Waals surface area contributed by atoms with E-state index in [1.54, 1.807) is 5.57 Å². The van der Waals surface area contributed by atoms with E-state index >= 15 is 0 Å². The Labute approximate surface area is 213 Å². The average Bonchev–Trinajstić information content (AvgIpc) is 2.87. The van der Waals surface area contributed by atoms with Gasteiger partial charge in [0.25, 0.3) is 0 Å². The predicted molar refractivity (Wildman–Crippen MR) is 113 cm³/mol. The normalized spacial score (nSPS) is 13.5. The number of halogens is 3. The molecule has 0 saturated heterocycles. The molecule has 0 saturated carbocycles. The van der Waals surface area contributed by atoms with Crippen LogP contribution in [0.1, 0.15) is 66.5 Å². The van der Waals surface area contributed by atoms with Gasteiger partial charge in [-0.25, -0.2) is 0 Å². The Morgan fingerprint density at radius 2 is 1.07 bits per heavy atom. The SMILES string of the molecule is Cc1cc(C)cc(C(C2=CC[C]([Ti+3])=C2C(C)(C)C)c2cc(C)cc(C)c2)c1.[Cl-].[Cl-].[Cl-]. The van der Waals surface area contributed by atoms with Crippen LogP contribution in [0.15, 0.2) is 57.5 Å². The van der Waals surface area contributed by atoms with Crippen molar-refractivity contribution < 1.29 is 57.7 Å². The van der Waals surface area contributed by atoms with E-state index in [0.29, 0.717) is 5.92 Å². The van der Waals surface area contributed by atoms with Crippen LogP contribution in [0.3, 0.4) is 0 Å². The minimum atomic E-state index is 0. The third-order valence-corrected chi connectivity index (χ3v) is 6.04. The molecule has 3 rings (SSSR count). The topological polar surface area (TPSA) is 0 Å². The van der Waals surface area contributed by atoms with Crippen LogP contribution in [0.4, 0.5) is 0 Å². The second-order valence-corrected chi connectivity index (χ2v) is 10.2. The Morgan fingerprint density at radius 1 is 0.700 bits per heavy atom. The molecule has 160 valence electrons. The summed E-state index contributed by atoms with van der Waals surface area (Å²) in [6.45, 7) is 15.9. The Bertz CT molecular complexity index is 857. The van der Waals surface area contributed by atoms with Crippen LogP contribution >= 0.6 is 0 Å². The molecule has 0 spiro atoms. The van der Waals surface area contributed by atoms with Crippen molar-refractivity contribution in [3.8, 4) is 0 Å². The second-order valence-electron chi connectivity index (χ2n) is 9.24. The molecule has 0 radical (unpaired) electrons. The van der Waals surface area contributed by atoms with E-state index in [-0.39, 0.29) is 42.6 Å². The van der Waals surface area contributed by atoms with Crippen molar-refractivity contribution in [2.75, 3.05) is 0 Å². The summed E-state index contributed by atoms with van der Waals surface area (Å²) in [6.07, 6.45) is 3.56. The van der Waals surface area contributed by atoms with Gasteiger partial charge >= 0.3 is 178 Å². The first-order valence-corrected chi connectivity index (χ1v) is 10.7. The summed E-state index contributed by atoms with van der Waals surface area (Å²) in [5.41, 5.74) is 11.4. The van der Waals surface area contributed by atoms with E-state index < -0.39 is 0 Å². The molecule has 4 heteroatoms. The van der Waals surface area contributed by atoms with E-state index in [2.05, 4.69) is 111 Å². The molecule has 30 heavy (non-hydrogen) atoms. The minimum absolute atomic E-state index is 0. The van der Waals surface area contributed by atoms with Gasteiger partial charge in [0, 0.05) is 0 Å². The molecule has 0 fully saturated rings. The summed E-state index contributed by atoms with van der Waals surface area (Å²) in [4.78, 5) is 0. The first-order valence-electron chi connectivity index (χ1n) is 9.88. The number of benzene rings is 2. The maximum absolute atomic E-state index is 2.48. The molecule has 2 aromatic rings. The number of hydrogen-bond acceptors (Lipinski definition) is 0. The van der Waals surface area contributed by atoms with E-state index in [1.807, 2.05) is 0 Å². The molecule has 0 heterocycles. The van der Waals surface area contributed by atoms with Crippen molar-refractivity contribution in [3.05, 3.63) is 90.9 Å². The fourth-order valence-corrected chi connectivity index (χ4v) is 5.61. The summed E-state index contributed by atoms with van der Waals surface area (Å²) in [5.74, 6) is 0.300. The van der Waals surface area contributed by atoms with Crippen LogP contribution in [-0.4, -0.2) is 0 Å². The summed E-state index contributed by atoms with van der Waals surface area (Å²) in [6, 6.07) is 14.1. The van der Waals surface area contributed by atoms with Gasteiger partial charge in [-0.1, -0.05) is 0 Å². The van der Waals surface area contributed by atoms with Crippen molar-refractivity contribution in [1.82, 2.24) is 0 Å². The van der Waals surface area contributed by atoms with Gasteiger partial charge in [0.05, 0.1) is 0 Å². The van der Waals surface area contributed by atoms with Gasteiger partial charge in [-0.3, -0.25) is 0 Å². The van der Waals surface area contributed by atoms with E-state index in [1.165, 1.54) is 42.8 Å². The van der Waals surface area contributed by atoms with Crippen molar-refractivity contribution in [1.29, 1.82) is 0 Å². The monoisotopic (exact) mass is 496 g/mol. The zero-order valence-electron chi connectivity index (χ0n) is 19.0. The fourth-order valence-electron chi connectivity index (χ4n) is 4.64. The third kappa shape index (κ3) is 6.50. The fraction of sp³-hybridized carbons (Fsp3) is 0.385. The van der Waals surface area contributed by atoms with Crippen LogP contribution in [0.5, 0.6) is 0 Å². The summed E-state index contributed by atoms with van der Waals surface area (Å²) in [5, 5.41) is 0. The van der Waals surface area contributed by atoms with Crippen LogP contribution in [0, 0.1) is 33.1 Å². The maximum Gasteiger partial charge on any atom is -1.00 e. The second kappa shape index (κ2) is 11.4. The number of hydrogen-bond donors (Lipinski definition) is 0. The smallest absolute Gasteiger partial charge is 1.00 e. The van der Waals surface area contributed by atoms with Crippen LogP contribution < -0.4 is 37.2 Å². The van der Waals surface area contributed by atoms with E-state index in [9.17, 15) is 0 Å². The molecule has 0 amide bonds. The third-order valence-electron chi connectivity index (χ3n) is 5.33. The molecule has 0 nitrogen and oxygen atoms in total. The molecule has 0 aliphatic heterocycles. The molecule has 0 atom stereocenters. The van der Waals surface area contributed by atoms with Gasteiger partial charge in [0.2, 0.25) is 0 Å². The van der Waals surface area contributed by atoms with Gasteiger partial charge < -0.3 is 37.2 Å². The van der Waals surface area contributed by atoms with Gasteiger partial charge in [-0.15, -0.1) is 0 Å². The van der Waals surface area contributed by atoms with E-state index in [4.69, 9.17) is 0 Å². The van der Waals surface area contributed by atoms with Crippen molar-refractivity contribution in [3.63, 3.8) is 0 Å². The molecule has 0 unspecified atom stereocenters.